The van der Waals surface area contributed by atoms with Crippen LogP contribution in [0.25, 0.3) is 5.69 Å². The van der Waals surface area contributed by atoms with E-state index in [1.165, 1.54) is 16.8 Å². The van der Waals surface area contributed by atoms with Gasteiger partial charge in [-0.1, -0.05) is 12.1 Å². The summed E-state index contributed by atoms with van der Waals surface area (Å²) in [6.45, 7) is 3.31. The van der Waals surface area contributed by atoms with E-state index in [0.29, 0.717) is 12.2 Å². The molecule has 2 aromatic rings. The van der Waals surface area contributed by atoms with Crippen LogP contribution in [0, 0.1) is 0 Å². The predicted molar refractivity (Wildman–Crippen MR) is 63.7 cm³/mol. The lowest BCUT2D eigenvalue weighted by Gasteiger charge is -2.09. The molecule has 0 saturated carbocycles. The van der Waals surface area contributed by atoms with E-state index in [4.69, 9.17) is 0 Å². The molecule has 0 amide bonds. The molecule has 0 radical (unpaired) electrons. The van der Waals surface area contributed by atoms with Crippen molar-refractivity contribution in [2.45, 2.75) is 19.6 Å². The molecular formula is C12H13F3N4. The molecule has 102 valence electrons. The minimum atomic E-state index is -4.33. The number of aromatic nitrogens is 3. The van der Waals surface area contributed by atoms with Crippen LogP contribution in [0.4, 0.5) is 13.2 Å². The van der Waals surface area contributed by atoms with Gasteiger partial charge in [0.2, 0.25) is 0 Å². The van der Waals surface area contributed by atoms with Crippen molar-refractivity contribution in [1.29, 1.82) is 0 Å². The summed E-state index contributed by atoms with van der Waals surface area (Å²) >= 11 is 0. The van der Waals surface area contributed by atoms with E-state index in [0.717, 1.165) is 24.4 Å². The van der Waals surface area contributed by atoms with Crippen molar-refractivity contribution in [2.24, 2.45) is 0 Å². The van der Waals surface area contributed by atoms with Gasteiger partial charge in [-0.25, -0.2) is 4.68 Å². The highest BCUT2D eigenvalue weighted by Crippen LogP contribution is 2.29. The van der Waals surface area contributed by atoms with Gasteiger partial charge < -0.3 is 5.32 Å². The number of benzene rings is 1. The third kappa shape index (κ3) is 3.11. The number of rotatable bonds is 4. The van der Waals surface area contributed by atoms with E-state index in [2.05, 4.69) is 15.6 Å². The molecule has 1 aromatic heterocycles. The molecule has 0 aliphatic rings. The van der Waals surface area contributed by atoms with Crippen LogP contribution in [0.15, 0.2) is 30.5 Å². The van der Waals surface area contributed by atoms with Gasteiger partial charge in [0.25, 0.3) is 0 Å². The van der Waals surface area contributed by atoms with E-state index in [1.54, 1.807) is 6.20 Å². The van der Waals surface area contributed by atoms with Crippen LogP contribution in [-0.4, -0.2) is 21.5 Å². The Morgan fingerprint density at radius 1 is 1.21 bits per heavy atom. The monoisotopic (exact) mass is 270 g/mol. The summed E-state index contributed by atoms with van der Waals surface area (Å²) in [6, 6.07) is 4.84. The van der Waals surface area contributed by atoms with Crippen molar-refractivity contribution in [3.8, 4) is 5.69 Å². The number of nitrogens with one attached hydrogen (secondary N) is 1. The normalized spacial score (nSPS) is 11.8. The molecule has 1 heterocycles. The Labute approximate surface area is 108 Å². The number of hydrogen-bond donors (Lipinski definition) is 1. The molecule has 0 bridgehead atoms. The van der Waals surface area contributed by atoms with Gasteiger partial charge >= 0.3 is 6.18 Å². The van der Waals surface area contributed by atoms with Crippen LogP contribution in [0.3, 0.4) is 0 Å². The molecule has 0 atom stereocenters. The average molecular weight is 270 g/mol. The molecule has 4 nitrogen and oxygen atoms in total. The topological polar surface area (TPSA) is 42.7 Å². The highest BCUT2D eigenvalue weighted by Gasteiger charge is 2.30. The van der Waals surface area contributed by atoms with Gasteiger partial charge in [0.1, 0.15) is 0 Å². The van der Waals surface area contributed by atoms with E-state index >= 15 is 0 Å². The molecule has 0 aliphatic heterocycles. The molecule has 19 heavy (non-hydrogen) atoms. The third-order valence-electron chi connectivity index (χ3n) is 2.62. The lowest BCUT2D eigenvalue weighted by atomic mass is 10.2. The second-order valence-electron chi connectivity index (χ2n) is 3.96. The van der Waals surface area contributed by atoms with Gasteiger partial charge in [0.05, 0.1) is 23.1 Å². The highest BCUT2D eigenvalue weighted by atomic mass is 19.4. The van der Waals surface area contributed by atoms with Gasteiger partial charge in [-0.05, 0) is 30.8 Å². The Kier molecular flexibility index (Phi) is 3.84. The molecule has 1 N–H and O–H groups in total. The molecule has 7 heteroatoms. The Balaban J connectivity index is 2.25. The lowest BCUT2D eigenvalue weighted by molar-refractivity contribution is -0.137. The molecular weight excluding hydrogens is 257 g/mol. The minimum Gasteiger partial charge on any atom is -0.311 e. The van der Waals surface area contributed by atoms with Crippen molar-refractivity contribution in [2.75, 3.05) is 6.54 Å². The van der Waals surface area contributed by atoms with E-state index in [9.17, 15) is 13.2 Å². The third-order valence-corrected chi connectivity index (χ3v) is 2.62. The zero-order chi connectivity index (χ0) is 13.9. The Morgan fingerprint density at radius 3 is 2.47 bits per heavy atom. The van der Waals surface area contributed by atoms with Crippen LogP contribution >= 0.6 is 0 Å². The van der Waals surface area contributed by atoms with Crippen LogP contribution in [-0.2, 0) is 12.7 Å². The van der Waals surface area contributed by atoms with Crippen molar-refractivity contribution in [3.63, 3.8) is 0 Å². The molecule has 0 spiro atoms. The van der Waals surface area contributed by atoms with Gasteiger partial charge in [-0.15, -0.1) is 5.10 Å². The average Bonchev–Trinajstić information content (AvgIpc) is 2.83. The summed E-state index contributed by atoms with van der Waals surface area (Å²) < 4.78 is 38.9. The van der Waals surface area contributed by atoms with E-state index in [-0.39, 0.29) is 0 Å². The van der Waals surface area contributed by atoms with Gasteiger partial charge in [0, 0.05) is 6.54 Å². The molecule has 1 aromatic carbocycles. The number of halogens is 3. The van der Waals surface area contributed by atoms with Gasteiger partial charge in [-0.2, -0.15) is 13.2 Å². The number of alkyl halides is 3. The maximum Gasteiger partial charge on any atom is 0.416 e. The first-order chi connectivity index (χ1) is 9.02. The quantitative estimate of drug-likeness (QED) is 0.927. The Bertz CT molecular complexity index is 531. The molecule has 2 rings (SSSR count). The first-order valence-electron chi connectivity index (χ1n) is 5.80. The summed E-state index contributed by atoms with van der Waals surface area (Å²) in [5.41, 5.74) is 0.671. The van der Waals surface area contributed by atoms with Crippen molar-refractivity contribution in [3.05, 3.63) is 41.7 Å². The molecule has 0 saturated heterocycles. The lowest BCUT2D eigenvalue weighted by Crippen LogP contribution is -2.15. The van der Waals surface area contributed by atoms with E-state index in [1.807, 2.05) is 6.92 Å². The zero-order valence-electron chi connectivity index (χ0n) is 10.3. The molecule has 0 unspecified atom stereocenters. The maximum atomic E-state index is 12.5. The number of hydrogen-bond acceptors (Lipinski definition) is 3. The zero-order valence-corrected chi connectivity index (χ0v) is 10.3. The fourth-order valence-corrected chi connectivity index (χ4v) is 1.64. The standard InChI is InChI=1S/C12H13F3N4/c1-2-16-7-11-8-17-18-19(11)10-5-3-9(4-6-10)12(13,14)15/h3-6,8,16H,2,7H2,1H3. The molecule has 0 fully saturated rings. The maximum absolute atomic E-state index is 12.5. The fourth-order valence-electron chi connectivity index (χ4n) is 1.64. The summed E-state index contributed by atoms with van der Waals surface area (Å²) in [5, 5.41) is 10.8. The minimum absolute atomic E-state index is 0.554. The van der Waals surface area contributed by atoms with Crippen molar-refractivity contribution in [1.82, 2.24) is 20.3 Å². The molecule has 0 aliphatic carbocycles. The highest BCUT2D eigenvalue weighted by molar-refractivity contribution is 5.35. The summed E-state index contributed by atoms with van der Waals surface area (Å²) in [6.07, 6.45) is -2.74. The fraction of sp³-hybridized carbons (Fsp3) is 0.333. The van der Waals surface area contributed by atoms with Crippen molar-refractivity contribution >= 4 is 0 Å². The Morgan fingerprint density at radius 2 is 1.89 bits per heavy atom. The second kappa shape index (κ2) is 5.40. The summed E-state index contributed by atoms with van der Waals surface area (Å²) in [5.74, 6) is 0. The smallest absolute Gasteiger partial charge is 0.311 e. The van der Waals surface area contributed by atoms with Gasteiger partial charge in [-0.3, -0.25) is 0 Å². The van der Waals surface area contributed by atoms with E-state index < -0.39 is 11.7 Å². The van der Waals surface area contributed by atoms with Crippen LogP contribution in [0.1, 0.15) is 18.2 Å². The first kappa shape index (κ1) is 13.5. The van der Waals surface area contributed by atoms with Gasteiger partial charge in [0.15, 0.2) is 0 Å². The Hall–Kier alpha value is -1.89. The summed E-state index contributed by atoms with van der Waals surface area (Å²) in [7, 11) is 0. The van der Waals surface area contributed by atoms with Crippen LogP contribution in [0.2, 0.25) is 0 Å². The largest absolute Gasteiger partial charge is 0.416 e. The SMILES string of the molecule is CCNCc1cnnn1-c1ccc(C(F)(F)F)cc1. The second-order valence-corrected chi connectivity index (χ2v) is 3.96. The number of nitrogens with zero attached hydrogens (tertiary/aromatic N) is 3. The van der Waals surface area contributed by atoms with Crippen molar-refractivity contribution < 1.29 is 13.2 Å². The van der Waals surface area contributed by atoms with Crippen LogP contribution < -0.4 is 5.32 Å². The summed E-state index contributed by atoms with van der Waals surface area (Å²) in [4.78, 5) is 0. The van der Waals surface area contributed by atoms with Crippen LogP contribution in [0.5, 0.6) is 0 Å². The predicted octanol–water partition coefficient (Wildman–Crippen LogP) is 2.40. The first-order valence-corrected chi connectivity index (χ1v) is 5.80.